The number of aromatic amines is 2. The van der Waals surface area contributed by atoms with Crippen LogP contribution in [0.4, 0.5) is 11.5 Å². The molecule has 0 fully saturated rings. The highest BCUT2D eigenvalue weighted by Gasteiger charge is 2.17. The van der Waals surface area contributed by atoms with Gasteiger partial charge >= 0.3 is 0 Å². The molecule has 0 bridgehead atoms. The minimum Gasteiger partial charge on any atom is -0.395 e. The maximum atomic E-state index is 12.0. The number of anilines is 2. The first-order chi connectivity index (χ1) is 8.67. The molecular weight excluding hydrogens is 232 g/mol. The van der Waals surface area contributed by atoms with Gasteiger partial charge in [0.05, 0.1) is 17.6 Å². The van der Waals surface area contributed by atoms with Crippen molar-refractivity contribution in [1.29, 1.82) is 0 Å². The van der Waals surface area contributed by atoms with Crippen molar-refractivity contribution in [2.24, 2.45) is 0 Å². The molecule has 2 aromatic heterocycles. The lowest BCUT2D eigenvalue weighted by atomic mass is 10.2. The number of hydrogen-bond donors (Lipinski definition) is 4. The Morgan fingerprint density at radius 2 is 2.17 bits per heavy atom. The van der Waals surface area contributed by atoms with E-state index in [9.17, 15) is 4.79 Å². The molecule has 0 aliphatic carbocycles. The van der Waals surface area contributed by atoms with Crippen LogP contribution in [0.3, 0.4) is 0 Å². The Balaban J connectivity index is 2.19. The van der Waals surface area contributed by atoms with E-state index < -0.39 is 0 Å². The highest BCUT2D eigenvalue weighted by Crippen LogP contribution is 2.17. The number of aromatic nitrogens is 4. The van der Waals surface area contributed by atoms with Gasteiger partial charge in [0.2, 0.25) is 0 Å². The number of nitrogens with two attached hydrogens (primary N) is 1. The van der Waals surface area contributed by atoms with Crippen LogP contribution < -0.4 is 11.1 Å². The Morgan fingerprint density at radius 3 is 2.78 bits per heavy atom. The van der Waals surface area contributed by atoms with E-state index in [0.29, 0.717) is 17.9 Å². The highest BCUT2D eigenvalue weighted by atomic mass is 16.2. The van der Waals surface area contributed by atoms with E-state index in [4.69, 9.17) is 5.73 Å². The molecule has 7 nitrogen and oxygen atoms in total. The Morgan fingerprint density at radius 1 is 1.39 bits per heavy atom. The highest BCUT2D eigenvalue weighted by molar-refractivity contribution is 6.06. The Hall–Kier alpha value is -2.31. The van der Waals surface area contributed by atoms with Crippen molar-refractivity contribution in [2.75, 3.05) is 11.1 Å². The van der Waals surface area contributed by atoms with E-state index in [1.54, 1.807) is 6.20 Å². The van der Waals surface area contributed by atoms with Crippen molar-refractivity contribution >= 4 is 17.4 Å². The molecule has 0 aromatic carbocycles. The first kappa shape index (κ1) is 12.2. The summed E-state index contributed by atoms with van der Waals surface area (Å²) in [6.45, 7) is 3.92. The lowest BCUT2D eigenvalue weighted by molar-refractivity contribution is 0.102. The van der Waals surface area contributed by atoms with Gasteiger partial charge in [0.15, 0.2) is 5.69 Å². The molecule has 5 N–H and O–H groups in total. The quantitative estimate of drug-likeness (QED) is 0.648. The van der Waals surface area contributed by atoms with Crippen LogP contribution in [0.5, 0.6) is 0 Å². The van der Waals surface area contributed by atoms with Gasteiger partial charge in [0.1, 0.15) is 5.82 Å². The first-order valence-corrected chi connectivity index (χ1v) is 5.83. The first-order valence-electron chi connectivity index (χ1n) is 5.83. The summed E-state index contributed by atoms with van der Waals surface area (Å²) in [7, 11) is 0. The fourth-order valence-electron chi connectivity index (χ4n) is 1.69. The van der Waals surface area contributed by atoms with Crippen molar-refractivity contribution in [3.05, 3.63) is 23.1 Å². The number of rotatable bonds is 4. The van der Waals surface area contributed by atoms with E-state index in [-0.39, 0.29) is 11.6 Å². The van der Waals surface area contributed by atoms with Crippen LogP contribution >= 0.6 is 0 Å². The molecule has 0 aliphatic heterocycles. The monoisotopic (exact) mass is 248 g/mol. The van der Waals surface area contributed by atoms with E-state index in [0.717, 1.165) is 17.7 Å². The zero-order valence-electron chi connectivity index (χ0n) is 10.4. The van der Waals surface area contributed by atoms with Gasteiger partial charge < -0.3 is 11.1 Å². The minimum atomic E-state index is -0.345. The molecule has 2 heterocycles. The van der Waals surface area contributed by atoms with Crippen molar-refractivity contribution in [3.8, 4) is 0 Å². The molecule has 0 atom stereocenters. The van der Waals surface area contributed by atoms with Crippen LogP contribution in [-0.4, -0.2) is 26.3 Å². The smallest absolute Gasteiger partial charge is 0.279 e. The van der Waals surface area contributed by atoms with Crippen molar-refractivity contribution in [3.63, 3.8) is 0 Å². The van der Waals surface area contributed by atoms with Crippen LogP contribution in [0.25, 0.3) is 0 Å². The second-order valence-electron chi connectivity index (χ2n) is 3.90. The zero-order chi connectivity index (χ0) is 13.1. The molecule has 0 aliphatic rings. The van der Waals surface area contributed by atoms with Gasteiger partial charge in [-0.2, -0.15) is 10.2 Å². The van der Waals surface area contributed by atoms with Gasteiger partial charge in [-0.25, -0.2) is 0 Å². The predicted molar refractivity (Wildman–Crippen MR) is 68.3 cm³/mol. The van der Waals surface area contributed by atoms with Crippen molar-refractivity contribution < 1.29 is 4.79 Å². The maximum absolute atomic E-state index is 12.0. The largest absolute Gasteiger partial charge is 0.395 e. The number of nitrogens with zero attached hydrogens (tertiary/aromatic N) is 2. The molecule has 7 heteroatoms. The summed E-state index contributed by atoms with van der Waals surface area (Å²) in [6.07, 6.45) is 3.17. The predicted octanol–water partition coefficient (Wildman–Crippen LogP) is 1.09. The lowest BCUT2D eigenvalue weighted by Gasteiger charge is -2.03. The van der Waals surface area contributed by atoms with Crippen LogP contribution in [0, 0.1) is 0 Å². The van der Waals surface area contributed by atoms with Crippen LogP contribution in [0.1, 0.15) is 35.6 Å². The molecule has 2 rings (SSSR count). The molecule has 1 amide bonds. The Labute approximate surface area is 104 Å². The average Bonchev–Trinajstić information content (AvgIpc) is 2.95. The fraction of sp³-hybridized carbons (Fsp3) is 0.364. The Kier molecular flexibility index (Phi) is 3.31. The fourth-order valence-corrected chi connectivity index (χ4v) is 1.69. The molecule has 0 radical (unpaired) electrons. The van der Waals surface area contributed by atoms with Crippen LogP contribution in [0.2, 0.25) is 0 Å². The molecular formula is C11H16N6O. The van der Waals surface area contributed by atoms with Crippen LogP contribution in [0.15, 0.2) is 6.20 Å². The molecule has 96 valence electrons. The van der Waals surface area contributed by atoms with E-state index >= 15 is 0 Å². The molecule has 0 saturated carbocycles. The van der Waals surface area contributed by atoms with Gasteiger partial charge in [-0.05, 0) is 12.8 Å². The number of carbonyl (C=O) groups is 1. The summed E-state index contributed by atoms with van der Waals surface area (Å²) in [5, 5.41) is 16.0. The normalized spacial score (nSPS) is 10.6. The van der Waals surface area contributed by atoms with Crippen LogP contribution in [-0.2, 0) is 12.8 Å². The number of amides is 1. The number of nitrogen functional groups attached to an aromatic ring is 1. The number of carbonyl (C=O) groups excluding carboxylic acids is 1. The summed E-state index contributed by atoms with van der Waals surface area (Å²) >= 11 is 0. The summed E-state index contributed by atoms with van der Waals surface area (Å²) in [5.74, 6) is 0.241. The lowest BCUT2D eigenvalue weighted by Crippen LogP contribution is -2.15. The van der Waals surface area contributed by atoms with Crippen molar-refractivity contribution in [2.45, 2.75) is 26.7 Å². The molecule has 0 unspecified atom stereocenters. The van der Waals surface area contributed by atoms with Gasteiger partial charge in [0, 0.05) is 5.56 Å². The zero-order valence-corrected chi connectivity index (χ0v) is 10.4. The van der Waals surface area contributed by atoms with Gasteiger partial charge in [0.25, 0.3) is 5.91 Å². The summed E-state index contributed by atoms with van der Waals surface area (Å²) in [6, 6.07) is 0. The van der Waals surface area contributed by atoms with E-state index in [2.05, 4.69) is 25.7 Å². The minimum absolute atomic E-state index is 0.212. The van der Waals surface area contributed by atoms with E-state index in [1.165, 1.54) is 0 Å². The standard InChI is InChI=1S/C11H16N6O/c1-3-6-5-13-17-10(6)14-11(18)9-8(12)7(4-2)15-16-9/h5H,3-4,12H2,1-2H3,(H,15,16)(H2,13,14,17,18). The summed E-state index contributed by atoms with van der Waals surface area (Å²) < 4.78 is 0. The topological polar surface area (TPSA) is 112 Å². The molecule has 18 heavy (non-hydrogen) atoms. The number of hydrogen-bond acceptors (Lipinski definition) is 4. The van der Waals surface area contributed by atoms with E-state index in [1.807, 2.05) is 13.8 Å². The second kappa shape index (κ2) is 4.91. The van der Waals surface area contributed by atoms with Gasteiger partial charge in [-0.15, -0.1) is 0 Å². The second-order valence-corrected chi connectivity index (χ2v) is 3.90. The Bertz CT molecular complexity index is 556. The maximum Gasteiger partial charge on any atom is 0.279 e. The molecule has 0 spiro atoms. The number of nitrogens with one attached hydrogen (secondary N) is 3. The van der Waals surface area contributed by atoms with Gasteiger partial charge in [-0.1, -0.05) is 13.8 Å². The third-order valence-corrected chi connectivity index (χ3v) is 2.79. The molecule has 0 saturated heterocycles. The third kappa shape index (κ3) is 2.06. The number of H-pyrrole nitrogens is 2. The number of aryl methyl sites for hydroxylation is 2. The van der Waals surface area contributed by atoms with Gasteiger partial charge in [-0.3, -0.25) is 15.0 Å². The summed E-state index contributed by atoms with van der Waals surface area (Å²) in [5.41, 5.74) is 8.14. The van der Waals surface area contributed by atoms with Crippen molar-refractivity contribution in [1.82, 2.24) is 20.4 Å². The molecule has 2 aromatic rings. The average molecular weight is 248 g/mol. The summed E-state index contributed by atoms with van der Waals surface area (Å²) in [4.78, 5) is 12.0. The SMILES string of the molecule is CCc1cn[nH]c1NC(=O)c1n[nH]c(CC)c1N. The third-order valence-electron chi connectivity index (χ3n) is 2.79.